The number of aliphatic hydroxyl groups is 1. The van der Waals surface area contributed by atoms with Gasteiger partial charge in [0, 0.05) is 36.6 Å². The van der Waals surface area contributed by atoms with Gasteiger partial charge in [-0.2, -0.15) is 0 Å². The van der Waals surface area contributed by atoms with Gasteiger partial charge in [0.1, 0.15) is 0 Å². The van der Waals surface area contributed by atoms with E-state index in [0.717, 1.165) is 50.8 Å². The van der Waals surface area contributed by atoms with Crippen molar-refractivity contribution in [3.05, 3.63) is 34.9 Å². The number of benzene rings is 1. The third kappa shape index (κ3) is 7.34. The number of amides is 2. The molecular weight excluding hydrogens is 434 g/mol. The van der Waals surface area contributed by atoms with Gasteiger partial charge in [-0.05, 0) is 56.3 Å². The standard InChI is InChI=1S/C27H44ClN3O2/c1-3-4-15-27(33,22-12-8-14-24(28)18-22)23-13-9-16-31(20-23)26(32)30-25(19-29-2)17-21-10-6-5-7-11-21/h8,12,14,18,21,23,25,29,33H,3-7,9-11,13,15-17,19-20H2,1-2H3,(H,30,32)/t23-,25+,27-/m1/s1. The van der Waals surface area contributed by atoms with Gasteiger partial charge in [-0.3, -0.25) is 0 Å². The van der Waals surface area contributed by atoms with Gasteiger partial charge in [0.15, 0.2) is 0 Å². The van der Waals surface area contributed by atoms with Crippen LogP contribution in [0.1, 0.15) is 83.1 Å². The highest BCUT2D eigenvalue weighted by molar-refractivity contribution is 6.30. The lowest BCUT2D eigenvalue weighted by atomic mass is 9.74. The van der Waals surface area contributed by atoms with Gasteiger partial charge >= 0.3 is 6.03 Å². The van der Waals surface area contributed by atoms with Crippen LogP contribution in [0.2, 0.25) is 5.02 Å². The molecule has 5 nitrogen and oxygen atoms in total. The number of hydrogen-bond acceptors (Lipinski definition) is 3. The van der Waals surface area contributed by atoms with Crippen molar-refractivity contribution in [2.24, 2.45) is 11.8 Å². The fourth-order valence-corrected chi connectivity index (χ4v) is 6.06. The average molecular weight is 478 g/mol. The number of unbranched alkanes of at least 4 members (excludes halogenated alkanes) is 1. The average Bonchev–Trinajstić information content (AvgIpc) is 2.83. The van der Waals surface area contributed by atoms with Crippen molar-refractivity contribution in [1.29, 1.82) is 0 Å². The first-order chi connectivity index (χ1) is 16.0. The van der Waals surface area contributed by atoms with E-state index in [1.807, 2.05) is 36.2 Å². The Morgan fingerprint density at radius 3 is 2.73 bits per heavy atom. The monoisotopic (exact) mass is 477 g/mol. The van der Waals surface area contributed by atoms with Gasteiger partial charge in [0.25, 0.3) is 0 Å². The molecular formula is C27H44ClN3O2. The summed E-state index contributed by atoms with van der Waals surface area (Å²) < 4.78 is 0. The third-order valence-corrected chi connectivity index (χ3v) is 7.98. The molecule has 1 aromatic carbocycles. The molecule has 0 radical (unpaired) electrons. The number of halogens is 1. The number of carbonyl (C=O) groups excluding carboxylic acids is 1. The van der Waals surface area contributed by atoms with Crippen LogP contribution in [0.4, 0.5) is 4.79 Å². The maximum Gasteiger partial charge on any atom is 0.317 e. The summed E-state index contributed by atoms with van der Waals surface area (Å²) in [6.45, 7) is 4.27. The molecule has 0 aromatic heterocycles. The highest BCUT2D eigenvalue weighted by Gasteiger charge is 2.41. The molecule has 3 rings (SSSR count). The lowest BCUT2D eigenvalue weighted by Gasteiger charge is -2.43. The van der Waals surface area contributed by atoms with Crippen molar-refractivity contribution >= 4 is 17.6 Å². The molecule has 0 bridgehead atoms. The van der Waals surface area contributed by atoms with Gasteiger partial charge in [-0.1, -0.05) is 75.6 Å². The molecule has 2 amide bonds. The molecule has 0 unspecified atom stereocenters. The van der Waals surface area contributed by atoms with Crippen LogP contribution in [0.25, 0.3) is 0 Å². The number of piperidine rings is 1. The topological polar surface area (TPSA) is 64.6 Å². The van der Waals surface area contributed by atoms with Gasteiger partial charge in [0.2, 0.25) is 0 Å². The summed E-state index contributed by atoms with van der Waals surface area (Å²) in [5.41, 5.74) is -0.0900. The maximum atomic E-state index is 13.3. The Hall–Kier alpha value is -1.30. The van der Waals surface area contributed by atoms with E-state index in [2.05, 4.69) is 17.6 Å². The van der Waals surface area contributed by atoms with Crippen LogP contribution in [-0.2, 0) is 5.60 Å². The number of nitrogens with one attached hydrogen (secondary N) is 2. The summed E-state index contributed by atoms with van der Waals surface area (Å²) in [6, 6.07) is 7.80. The number of urea groups is 1. The molecule has 2 fully saturated rings. The molecule has 1 saturated carbocycles. The minimum absolute atomic E-state index is 0.00288. The van der Waals surface area contributed by atoms with Crippen molar-refractivity contribution in [2.45, 2.75) is 89.2 Å². The number of hydrogen-bond donors (Lipinski definition) is 3. The number of rotatable bonds is 10. The number of likely N-dealkylation sites (tertiary alicyclic amines) is 1. The van der Waals surface area contributed by atoms with Gasteiger partial charge in [-0.15, -0.1) is 0 Å². The quantitative estimate of drug-likeness (QED) is 0.405. The summed E-state index contributed by atoms with van der Waals surface area (Å²) in [7, 11) is 1.95. The Kier molecular flexibility index (Phi) is 10.3. The van der Waals surface area contributed by atoms with E-state index < -0.39 is 5.60 Å². The van der Waals surface area contributed by atoms with Crippen molar-refractivity contribution in [1.82, 2.24) is 15.5 Å². The largest absolute Gasteiger partial charge is 0.385 e. The summed E-state index contributed by atoms with van der Waals surface area (Å²) in [5, 5.41) is 19.1. The molecule has 1 heterocycles. The molecule has 186 valence electrons. The van der Waals surface area contributed by atoms with Crippen molar-refractivity contribution in [3.63, 3.8) is 0 Å². The third-order valence-electron chi connectivity index (χ3n) is 7.74. The van der Waals surface area contributed by atoms with Gasteiger partial charge in [0.05, 0.1) is 5.60 Å². The first-order valence-electron chi connectivity index (χ1n) is 13.1. The van der Waals surface area contributed by atoms with Crippen molar-refractivity contribution in [2.75, 3.05) is 26.7 Å². The highest BCUT2D eigenvalue weighted by Crippen LogP contribution is 2.40. The Labute approximate surface area is 205 Å². The first-order valence-corrected chi connectivity index (χ1v) is 13.5. The molecule has 3 atom stereocenters. The zero-order valence-corrected chi connectivity index (χ0v) is 21.4. The lowest BCUT2D eigenvalue weighted by Crippen LogP contribution is -2.54. The Morgan fingerprint density at radius 1 is 1.24 bits per heavy atom. The van der Waals surface area contributed by atoms with E-state index in [9.17, 15) is 9.90 Å². The van der Waals surface area contributed by atoms with Gasteiger partial charge in [-0.25, -0.2) is 4.79 Å². The number of likely N-dealkylation sites (N-methyl/N-ethyl adjacent to an activating group) is 1. The van der Waals surface area contributed by atoms with Crippen LogP contribution in [0, 0.1) is 11.8 Å². The molecule has 1 saturated heterocycles. The predicted molar refractivity (Wildman–Crippen MR) is 137 cm³/mol. The molecule has 3 N–H and O–H groups in total. The molecule has 1 aromatic rings. The predicted octanol–water partition coefficient (Wildman–Crippen LogP) is 5.70. The first kappa shape index (κ1) is 26.3. The molecule has 33 heavy (non-hydrogen) atoms. The van der Waals surface area contributed by atoms with Crippen molar-refractivity contribution in [3.8, 4) is 0 Å². The van der Waals surface area contributed by atoms with Crippen LogP contribution in [0.5, 0.6) is 0 Å². The fraction of sp³-hybridized carbons (Fsp3) is 0.741. The second-order valence-corrected chi connectivity index (χ2v) is 10.7. The lowest BCUT2D eigenvalue weighted by molar-refractivity contribution is -0.0555. The Bertz CT molecular complexity index is 740. The summed E-state index contributed by atoms with van der Waals surface area (Å²) >= 11 is 6.28. The summed E-state index contributed by atoms with van der Waals surface area (Å²) in [6.07, 6.45) is 12.1. The van der Waals surface area contributed by atoms with E-state index in [4.69, 9.17) is 11.6 Å². The smallest absolute Gasteiger partial charge is 0.317 e. The maximum absolute atomic E-state index is 13.3. The van der Waals surface area contributed by atoms with E-state index in [0.29, 0.717) is 23.9 Å². The normalized spacial score (nSPS) is 22.5. The number of nitrogens with zero attached hydrogens (tertiary/aromatic N) is 1. The van der Waals surface area contributed by atoms with Crippen LogP contribution >= 0.6 is 11.6 Å². The van der Waals surface area contributed by atoms with Crippen LogP contribution in [-0.4, -0.2) is 48.8 Å². The molecule has 2 aliphatic rings. The zero-order chi connectivity index (χ0) is 23.7. The van der Waals surface area contributed by atoms with E-state index in [-0.39, 0.29) is 18.0 Å². The second kappa shape index (κ2) is 13.0. The minimum atomic E-state index is -0.966. The Balaban J connectivity index is 1.68. The molecule has 6 heteroatoms. The van der Waals surface area contributed by atoms with Crippen molar-refractivity contribution < 1.29 is 9.90 Å². The summed E-state index contributed by atoms with van der Waals surface area (Å²) in [5.74, 6) is 0.719. The van der Waals surface area contributed by atoms with E-state index in [1.54, 1.807) is 0 Å². The SMILES string of the molecule is CCCC[C@@](O)(c1cccc(Cl)c1)[C@@H]1CCCN(C(=O)N[C@H](CNC)CC2CCCCC2)C1. The minimum Gasteiger partial charge on any atom is -0.385 e. The molecule has 1 aliphatic heterocycles. The van der Waals surface area contributed by atoms with Crippen LogP contribution in [0.15, 0.2) is 24.3 Å². The number of carbonyl (C=O) groups is 1. The Morgan fingerprint density at radius 2 is 2.03 bits per heavy atom. The van der Waals surface area contributed by atoms with Crippen LogP contribution < -0.4 is 10.6 Å². The fourth-order valence-electron chi connectivity index (χ4n) is 5.87. The van der Waals surface area contributed by atoms with E-state index in [1.165, 1.54) is 32.1 Å². The van der Waals surface area contributed by atoms with Gasteiger partial charge < -0.3 is 20.6 Å². The second-order valence-electron chi connectivity index (χ2n) is 10.3. The highest BCUT2D eigenvalue weighted by atomic mass is 35.5. The molecule has 1 aliphatic carbocycles. The summed E-state index contributed by atoms with van der Waals surface area (Å²) in [4.78, 5) is 15.2. The van der Waals surface area contributed by atoms with Crippen LogP contribution in [0.3, 0.4) is 0 Å². The zero-order valence-electron chi connectivity index (χ0n) is 20.6. The van der Waals surface area contributed by atoms with E-state index >= 15 is 0 Å². The molecule has 0 spiro atoms.